The van der Waals surface area contributed by atoms with Crippen molar-refractivity contribution < 1.29 is 29.0 Å². The van der Waals surface area contributed by atoms with Crippen LogP contribution in [0.5, 0.6) is 17.2 Å². The second-order valence-electron chi connectivity index (χ2n) is 17.3. The molecule has 1 aliphatic carbocycles. The van der Waals surface area contributed by atoms with Crippen molar-refractivity contribution in [1.29, 1.82) is 0 Å². The first-order valence-corrected chi connectivity index (χ1v) is 20.5. The van der Waals surface area contributed by atoms with Gasteiger partial charge in [0.1, 0.15) is 29.9 Å². The summed E-state index contributed by atoms with van der Waals surface area (Å²) >= 11 is 0. The molecular weight excluding hydrogens is 695 g/mol. The molecule has 11 heteroatoms. The summed E-state index contributed by atoms with van der Waals surface area (Å²) in [6.07, 6.45) is 6.81. The molecule has 10 rings (SSSR count). The summed E-state index contributed by atoms with van der Waals surface area (Å²) in [5.41, 5.74) is 6.82. The van der Waals surface area contributed by atoms with Gasteiger partial charge in [-0.25, -0.2) is 0 Å². The van der Waals surface area contributed by atoms with Crippen molar-refractivity contribution >= 4 is 29.1 Å². The Labute approximate surface area is 322 Å². The Morgan fingerprint density at radius 2 is 1.73 bits per heavy atom. The van der Waals surface area contributed by atoms with Gasteiger partial charge in [0.15, 0.2) is 0 Å². The van der Waals surface area contributed by atoms with Crippen molar-refractivity contribution in [3.8, 4) is 17.2 Å². The van der Waals surface area contributed by atoms with Crippen molar-refractivity contribution in [3.63, 3.8) is 0 Å². The Hall–Kier alpha value is -4.77. The van der Waals surface area contributed by atoms with Crippen LogP contribution < -0.4 is 24.6 Å². The maximum absolute atomic E-state index is 13.4. The van der Waals surface area contributed by atoms with Crippen LogP contribution in [0, 0.1) is 17.3 Å². The van der Waals surface area contributed by atoms with Gasteiger partial charge >= 0.3 is 0 Å². The number of benzene rings is 3. The summed E-state index contributed by atoms with van der Waals surface area (Å²) in [4.78, 5) is 46.9. The second kappa shape index (κ2) is 13.5. The average molecular weight is 746 g/mol. The molecule has 11 nitrogen and oxygen atoms in total. The predicted octanol–water partition coefficient (Wildman–Crippen LogP) is 5.28. The fourth-order valence-electron chi connectivity index (χ4n) is 11.2. The van der Waals surface area contributed by atoms with Gasteiger partial charge < -0.3 is 29.3 Å². The molecule has 55 heavy (non-hydrogen) atoms. The Morgan fingerprint density at radius 1 is 0.909 bits per heavy atom. The zero-order valence-electron chi connectivity index (χ0n) is 31.7. The summed E-state index contributed by atoms with van der Waals surface area (Å²) in [5.74, 6) is 2.45. The van der Waals surface area contributed by atoms with Gasteiger partial charge in [0, 0.05) is 86.0 Å². The van der Waals surface area contributed by atoms with Crippen LogP contribution in [0.2, 0.25) is 0 Å². The van der Waals surface area contributed by atoms with Crippen molar-refractivity contribution in [2.75, 3.05) is 62.3 Å². The molecule has 4 fully saturated rings. The summed E-state index contributed by atoms with van der Waals surface area (Å²) in [6.45, 7) is 10.1. The van der Waals surface area contributed by atoms with Gasteiger partial charge in [-0.2, -0.15) is 0 Å². The number of hydrogen-bond acceptors (Lipinski definition) is 9. The third-order valence-electron chi connectivity index (χ3n) is 14.1. The van der Waals surface area contributed by atoms with Crippen LogP contribution in [0.3, 0.4) is 0 Å². The summed E-state index contributed by atoms with van der Waals surface area (Å²) in [5, 5.41) is 12.4. The fourth-order valence-corrected chi connectivity index (χ4v) is 11.2. The number of amides is 3. The molecule has 1 spiro atoms. The van der Waals surface area contributed by atoms with E-state index >= 15 is 0 Å². The van der Waals surface area contributed by atoms with Gasteiger partial charge in [-0.1, -0.05) is 25.1 Å². The maximum atomic E-state index is 13.4. The van der Waals surface area contributed by atoms with E-state index < -0.39 is 6.04 Å². The molecule has 0 aromatic heterocycles. The number of imide groups is 1. The van der Waals surface area contributed by atoms with E-state index in [0.717, 1.165) is 74.4 Å². The van der Waals surface area contributed by atoms with Crippen molar-refractivity contribution in [1.82, 2.24) is 15.1 Å². The van der Waals surface area contributed by atoms with Gasteiger partial charge in [-0.15, -0.1) is 0 Å². The van der Waals surface area contributed by atoms with Gasteiger partial charge in [-0.05, 0) is 85.8 Å². The third-order valence-corrected chi connectivity index (χ3v) is 14.1. The number of rotatable bonds is 6. The van der Waals surface area contributed by atoms with E-state index in [0.29, 0.717) is 43.1 Å². The van der Waals surface area contributed by atoms with Crippen LogP contribution in [0.1, 0.15) is 84.8 Å². The van der Waals surface area contributed by atoms with Crippen LogP contribution in [0.25, 0.3) is 0 Å². The van der Waals surface area contributed by atoms with Gasteiger partial charge in [-0.3, -0.25) is 24.6 Å². The molecule has 3 aromatic rings. The minimum atomic E-state index is -0.627. The molecule has 0 radical (unpaired) electrons. The van der Waals surface area contributed by atoms with Crippen LogP contribution in [0.4, 0.5) is 11.4 Å². The Bertz CT molecular complexity index is 2020. The average Bonchev–Trinajstić information content (AvgIpc) is 3.52. The zero-order chi connectivity index (χ0) is 37.4. The lowest BCUT2D eigenvalue weighted by atomic mass is 9.57. The first-order valence-electron chi connectivity index (χ1n) is 20.5. The van der Waals surface area contributed by atoms with Crippen LogP contribution in [0.15, 0.2) is 54.6 Å². The minimum absolute atomic E-state index is 0.160. The molecule has 6 heterocycles. The number of piperazine rings is 1. The largest absolute Gasteiger partial charge is 0.508 e. The van der Waals surface area contributed by atoms with Crippen molar-refractivity contribution in [2.45, 2.75) is 76.4 Å². The number of carbonyl (C=O) groups is 3. The van der Waals surface area contributed by atoms with E-state index in [-0.39, 0.29) is 41.9 Å². The van der Waals surface area contributed by atoms with E-state index in [9.17, 15) is 19.5 Å². The van der Waals surface area contributed by atoms with Gasteiger partial charge in [0.25, 0.3) is 5.91 Å². The summed E-state index contributed by atoms with van der Waals surface area (Å²) < 4.78 is 12.5. The van der Waals surface area contributed by atoms with E-state index in [4.69, 9.17) is 9.47 Å². The molecule has 6 aliphatic heterocycles. The topological polar surface area (TPSA) is 115 Å². The van der Waals surface area contributed by atoms with Crippen LogP contribution >= 0.6 is 0 Å². The van der Waals surface area contributed by atoms with Crippen LogP contribution in [-0.4, -0.2) is 97.2 Å². The highest BCUT2D eigenvalue weighted by Gasteiger charge is 2.47. The lowest BCUT2D eigenvalue weighted by molar-refractivity contribution is -0.136. The maximum Gasteiger partial charge on any atom is 0.255 e. The molecule has 4 atom stereocenters. The van der Waals surface area contributed by atoms with Gasteiger partial charge in [0.05, 0.1) is 24.9 Å². The lowest BCUT2D eigenvalue weighted by Gasteiger charge is -2.54. The summed E-state index contributed by atoms with van der Waals surface area (Å²) in [7, 11) is 0. The Balaban J connectivity index is 0.719. The number of phenols is 1. The normalized spacial score (nSPS) is 27.4. The van der Waals surface area contributed by atoms with Crippen LogP contribution in [-0.2, 0) is 16.1 Å². The molecule has 3 aromatic carbocycles. The van der Waals surface area contributed by atoms with Gasteiger partial charge in [0.2, 0.25) is 11.8 Å². The number of carbonyl (C=O) groups excluding carboxylic acids is 3. The molecule has 0 bridgehead atoms. The number of aromatic hydroxyl groups is 1. The zero-order valence-corrected chi connectivity index (χ0v) is 31.7. The van der Waals surface area contributed by atoms with E-state index in [1.54, 1.807) is 17.0 Å². The highest BCUT2D eigenvalue weighted by Crippen LogP contribution is 2.53. The highest BCUT2D eigenvalue weighted by atomic mass is 16.5. The lowest BCUT2D eigenvalue weighted by Crippen LogP contribution is -2.59. The SMILES string of the molecule is CC[C@H]1COc2cc(O)ccc2[C@H]1c1ccc(N2CCC3(CC2)CC(CN2CCN4c5ccc6c(c5OC[C@H]4C2)CN([C@H]2CCC(=O)NC2=O)C6=O)C3)cc1. The number of anilines is 2. The first-order chi connectivity index (χ1) is 26.8. The van der Waals surface area contributed by atoms with E-state index in [1.807, 2.05) is 18.2 Å². The van der Waals surface area contributed by atoms with E-state index in [2.05, 4.69) is 51.2 Å². The molecule has 1 saturated carbocycles. The second-order valence-corrected chi connectivity index (χ2v) is 17.3. The fraction of sp³-hybridized carbons (Fsp3) is 0.523. The number of nitrogens with one attached hydrogen (secondary N) is 1. The molecule has 2 N–H and O–H groups in total. The Kier molecular flexibility index (Phi) is 8.49. The quantitative estimate of drug-likeness (QED) is 0.326. The number of hydrogen-bond donors (Lipinski definition) is 2. The third kappa shape index (κ3) is 6.01. The number of phenolic OH excluding ortho intramolecular Hbond substituents is 1. The van der Waals surface area contributed by atoms with Crippen molar-refractivity contribution in [2.24, 2.45) is 17.3 Å². The first kappa shape index (κ1) is 34.7. The molecule has 3 amide bonds. The predicted molar refractivity (Wildman–Crippen MR) is 208 cm³/mol. The molecule has 0 unspecified atom stereocenters. The van der Waals surface area contributed by atoms with Crippen molar-refractivity contribution in [3.05, 3.63) is 76.9 Å². The number of ether oxygens (including phenoxy) is 2. The smallest absolute Gasteiger partial charge is 0.255 e. The monoisotopic (exact) mass is 745 g/mol. The molecule has 7 aliphatic rings. The van der Waals surface area contributed by atoms with E-state index in [1.165, 1.54) is 42.5 Å². The standard InChI is InChI=1S/C44H51N5O6/c1-2-28-25-54-38-19-32(50)7-8-34(38)40(28)29-3-5-30(6-4-29)47-15-13-44(14-16-47)20-27(21-44)22-46-17-18-48-31(23-46)26-55-41-35-24-49(37-11-12-39(51)45-42(37)52)43(53)33(35)9-10-36(41)48/h3-10,19,27-28,31,37,40,50H,2,11-18,20-26H2,1H3,(H,45,51,52)/t28-,31+,37-,40+/m0/s1. The minimum Gasteiger partial charge on any atom is -0.508 e. The summed E-state index contributed by atoms with van der Waals surface area (Å²) in [6, 6.07) is 18.4. The molecule has 3 saturated heterocycles. The molecule has 288 valence electrons. The highest BCUT2D eigenvalue weighted by molar-refractivity contribution is 6.06. The number of fused-ring (bicyclic) bond motifs is 6. The Morgan fingerprint density at radius 3 is 2.51 bits per heavy atom. The number of piperidine rings is 2. The molecular formula is C44H51N5O6. The number of nitrogens with zero attached hydrogens (tertiary/aromatic N) is 4.